The van der Waals surface area contributed by atoms with Gasteiger partial charge < -0.3 is 10.0 Å². The first-order valence-corrected chi connectivity index (χ1v) is 4.21. The van der Waals surface area contributed by atoms with Crippen LogP contribution in [0.5, 0.6) is 0 Å². The Morgan fingerprint density at radius 1 is 1.75 bits per heavy atom. The molecular formula is C9H15NO2. The van der Waals surface area contributed by atoms with Crippen LogP contribution in [-0.4, -0.2) is 36.1 Å². The molecule has 0 aliphatic carbocycles. The van der Waals surface area contributed by atoms with E-state index in [1.165, 1.54) is 0 Å². The molecule has 1 aliphatic heterocycles. The molecule has 0 aromatic heterocycles. The summed E-state index contributed by atoms with van der Waals surface area (Å²) in [4.78, 5) is 12.8. The van der Waals surface area contributed by atoms with E-state index in [0.717, 1.165) is 25.1 Å². The van der Waals surface area contributed by atoms with Crippen molar-refractivity contribution >= 4 is 5.97 Å². The highest BCUT2D eigenvalue weighted by Crippen LogP contribution is 2.18. The fraction of sp³-hybridized carbons (Fsp3) is 0.667. The van der Waals surface area contributed by atoms with E-state index in [1.54, 1.807) is 6.92 Å². The van der Waals surface area contributed by atoms with Gasteiger partial charge in [-0.05, 0) is 20.4 Å². The number of carboxylic acids is 1. The van der Waals surface area contributed by atoms with Crippen molar-refractivity contribution in [2.45, 2.75) is 13.3 Å². The summed E-state index contributed by atoms with van der Waals surface area (Å²) in [6.07, 6.45) is 2.92. The summed E-state index contributed by atoms with van der Waals surface area (Å²) in [5, 5.41) is 8.75. The second-order valence-electron chi connectivity index (χ2n) is 3.35. The highest BCUT2D eigenvalue weighted by molar-refractivity contribution is 5.73. The number of hydrogen-bond donors (Lipinski definition) is 1. The molecule has 68 valence electrons. The number of hydrogen-bond acceptors (Lipinski definition) is 2. The van der Waals surface area contributed by atoms with Gasteiger partial charge >= 0.3 is 5.97 Å². The first kappa shape index (κ1) is 9.26. The lowest BCUT2D eigenvalue weighted by Gasteiger charge is -2.23. The molecule has 0 saturated carbocycles. The predicted molar refractivity (Wildman–Crippen MR) is 47.0 cm³/mol. The summed E-state index contributed by atoms with van der Waals surface area (Å²) in [7, 11) is 2.04. The number of aliphatic carboxylic acids is 1. The zero-order chi connectivity index (χ0) is 9.14. The Hall–Kier alpha value is -0.830. The van der Waals surface area contributed by atoms with Crippen LogP contribution in [0.3, 0.4) is 0 Å². The number of likely N-dealkylation sites (N-methyl/N-ethyl adjacent to an activating group) is 1. The largest absolute Gasteiger partial charge is 0.481 e. The Bertz CT molecular complexity index is 211. The van der Waals surface area contributed by atoms with Crippen molar-refractivity contribution in [3.63, 3.8) is 0 Å². The van der Waals surface area contributed by atoms with Crippen LogP contribution in [0.1, 0.15) is 13.3 Å². The molecular weight excluding hydrogens is 154 g/mol. The second-order valence-corrected chi connectivity index (χ2v) is 3.35. The summed E-state index contributed by atoms with van der Waals surface area (Å²) in [5.74, 6) is -1.02. The van der Waals surface area contributed by atoms with Gasteiger partial charge in [0.25, 0.3) is 0 Å². The van der Waals surface area contributed by atoms with Crippen molar-refractivity contribution in [2.24, 2.45) is 5.92 Å². The van der Waals surface area contributed by atoms with E-state index >= 15 is 0 Å². The van der Waals surface area contributed by atoms with Gasteiger partial charge in [-0.2, -0.15) is 0 Å². The quantitative estimate of drug-likeness (QED) is 0.626. The summed E-state index contributed by atoms with van der Waals surface area (Å²) >= 11 is 0. The molecule has 0 bridgehead atoms. The summed E-state index contributed by atoms with van der Waals surface area (Å²) < 4.78 is 0. The second kappa shape index (κ2) is 3.72. The fourth-order valence-electron chi connectivity index (χ4n) is 1.34. The molecule has 1 N–H and O–H groups in total. The van der Waals surface area contributed by atoms with Crippen molar-refractivity contribution in [3.8, 4) is 0 Å². The maximum absolute atomic E-state index is 10.6. The Balaban J connectivity index is 2.58. The third-order valence-electron chi connectivity index (χ3n) is 2.37. The Morgan fingerprint density at radius 3 is 2.83 bits per heavy atom. The Kier molecular flexibility index (Phi) is 2.87. The molecule has 1 aliphatic rings. The molecule has 1 rings (SSSR count). The van der Waals surface area contributed by atoms with E-state index < -0.39 is 5.97 Å². The molecule has 0 fully saturated rings. The van der Waals surface area contributed by atoms with Crippen LogP contribution in [0.4, 0.5) is 0 Å². The monoisotopic (exact) mass is 169 g/mol. The minimum absolute atomic E-state index is 0.307. The molecule has 3 heteroatoms. The molecule has 1 atom stereocenters. The normalized spacial score (nSPS) is 21.7. The average molecular weight is 169 g/mol. The molecule has 3 nitrogen and oxygen atoms in total. The summed E-state index contributed by atoms with van der Waals surface area (Å²) in [5.41, 5.74) is 1.07. The lowest BCUT2D eigenvalue weighted by atomic mass is 9.95. The third kappa shape index (κ3) is 2.08. The maximum atomic E-state index is 10.6. The highest BCUT2D eigenvalue weighted by Gasteiger charge is 2.18. The van der Waals surface area contributed by atoms with Gasteiger partial charge in [-0.25, -0.2) is 0 Å². The number of rotatable bonds is 2. The smallest absolute Gasteiger partial charge is 0.310 e. The molecule has 0 aromatic carbocycles. The summed E-state index contributed by atoms with van der Waals surface area (Å²) in [6.45, 7) is 3.61. The molecule has 1 heterocycles. The average Bonchev–Trinajstić information content (AvgIpc) is 2.04. The van der Waals surface area contributed by atoms with E-state index in [0.29, 0.717) is 0 Å². The SMILES string of the molecule is CC(C(=O)O)C1=CCN(C)CC1. The number of carboxylic acid groups (broad SMARTS) is 1. The van der Waals surface area contributed by atoms with Crippen molar-refractivity contribution in [1.29, 1.82) is 0 Å². The van der Waals surface area contributed by atoms with E-state index in [2.05, 4.69) is 4.90 Å². The van der Waals surface area contributed by atoms with E-state index in [1.807, 2.05) is 13.1 Å². The van der Waals surface area contributed by atoms with Crippen LogP contribution in [0.2, 0.25) is 0 Å². The molecule has 12 heavy (non-hydrogen) atoms. The van der Waals surface area contributed by atoms with Crippen LogP contribution in [0, 0.1) is 5.92 Å². The molecule has 0 spiro atoms. The zero-order valence-corrected chi connectivity index (χ0v) is 7.58. The first-order chi connectivity index (χ1) is 5.61. The lowest BCUT2D eigenvalue weighted by molar-refractivity contribution is -0.139. The standard InChI is InChI=1S/C9H15NO2/c1-7(9(11)12)8-3-5-10(2)6-4-8/h3,7H,4-6H2,1-2H3,(H,11,12). The van der Waals surface area contributed by atoms with Crippen LogP contribution in [-0.2, 0) is 4.79 Å². The molecule has 0 amide bonds. The van der Waals surface area contributed by atoms with Crippen molar-refractivity contribution < 1.29 is 9.90 Å². The van der Waals surface area contributed by atoms with E-state index in [4.69, 9.17) is 5.11 Å². The lowest BCUT2D eigenvalue weighted by Crippen LogP contribution is -2.27. The third-order valence-corrected chi connectivity index (χ3v) is 2.37. The Labute approximate surface area is 72.7 Å². The van der Waals surface area contributed by atoms with Crippen LogP contribution < -0.4 is 0 Å². The van der Waals surface area contributed by atoms with E-state index in [-0.39, 0.29) is 5.92 Å². The minimum atomic E-state index is -0.717. The van der Waals surface area contributed by atoms with Crippen molar-refractivity contribution in [2.75, 3.05) is 20.1 Å². The molecule has 1 unspecified atom stereocenters. The Morgan fingerprint density at radius 2 is 2.42 bits per heavy atom. The number of carbonyl (C=O) groups is 1. The van der Waals surface area contributed by atoms with Gasteiger partial charge in [0.2, 0.25) is 0 Å². The van der Waals surface area contributed by atoms with Crippen molar-refractivity contribution in [3.05, 3.63) is 11.6 Å². The maximum Gasteiger partial charge on any atom is 0.310 e. The van der Waals surface area contributed by atoms with Gasteiger partial charge in [0, 0.05) is 13.1 Å². The van der Waals surface area contributed by atoms with Gasteiger partial charge in [0.05, 0.1) is 5.92 Å². The van der Waals surface area contributed by atoms with Crippen LogP contribution in [0.15, 0.2) is 11.6 Å². The van der Waals surface area contributed by atoms with Crippen molar-refractivity contribution in [1.82, 2.24) is 4.90 Å². The van der Waals surface area contributed by atoms with E-state index in [9.17, 15) is 4.79 Å². The molecule has 0 aromatic rings. The van der Waals surface area contributed by atoms with Gasteiger partial charge in [0.1, 0.15) is 0 Å². The fourth-order valence-corrected chi connectivity index (χ4v) is 1.34. The number of nitrogens with zero attached hydrogens (tertiary/aromatic N) is 1. The zero-order valence-electron chi connectivity index (χ0n) is 7.58. The summed E-state index contributed by atoms with van der Waals surface area (Å²) in [6, 6.07) is 0. The van der Waals surface area contributed by atoms with Crippen LogP contribution in [0.25, 0.3) is 0 Å². The van der Waals surface area contributed by atoms with Gasteiger partial charge in [-0.1, -0.05) is 11.6 Å². The van der Waals surface area contributed by atoms with Crippen LogP contribution >= 0.6 is 0 Å². The van der Waals surface area contributed by atoms with Gasteiger partial charge in [-0.15, -0.1) is 0 Å². The minimum Gasteiger partial charge on any atom is -0.481 e. The predicted octanol–water partition coefficient (Wildman–Crippen LogP) is 0.969. The molecule has 0 saturated heterocycles. The van der Waals surface area contributed by atoms with Gasteiger partial charge in [0.15, 0.2) is 0 Å². The van der Waals surface area contributed by atoms with Gasteiger partial charge in [-0.3, -0.25) is 4.79 Å². The first-order valence-electron chi connectivity index (χ1n) is 4.21. The topological polar surface area (TPSA) is 40.5 Å². The highest BCUT2D eigenvalue weighted by atomic mass is 16.4. The molecule has 0 radical (unpaired) electrons.